The Labute approximate surface area is 75.8 Å². The Morgan fingerprint density at radius 3 is 2.67 bits per heavy atom. The molecule has 0 aromatic rings. The van der Waals surface area contributed by atoms with Crippen LogP contribution in [0.1, 0.15) is 39.0 Å². The average Bonchev–Trinajstić information content (AvgIpc) is 2.14. The van der Waals surface area contributed by atoms with Gasteiger partial charge in [-0.3, -0.25) is 0 Å². The zero-order valence-corrected chi connectivity index (χ0v) is 8.09. The van der Waals surface area contributed by atoms with E-state index in [2.05, 4.69) is 12.2 Å². The van der Waals surface area contributed by atoms with Crippen molar-refractivity contribution >= 4 is 0 Å². The Kier molecular flexibility index (Phi) is 5.09. The second-order valence-corrected chi connectivity index (χ2v) is 3.49. The van der Waals surface area contributed by atoms with Crippen molar-refractivity contribution in [3.63, 3.8) is 0 Å². The van der Waals surface area contributed by atoms with E-state index in [1.54, 1.807) is 0 Å². The van der Waals surface area contributed by atoms with E-state index in [4.69, 9.17) is 4.74 Å². The van der Waals surface area contributed by atoms with Gasteiger partial charge in [-0.05, 0) is 25.7 Å². The van der Waals surface area contributed by atoms with Gasteiger partial charge in [-0.15, -0.1) is 0 Å². The Morgan fingerprint density at radius 1 is 1.25 bits per heavy atom. The number of ether oxygens (including phenoxy) is 1. The molecule has 1 nitrogen and oxygen atoms in total. The van der Waals surface area contributed by atoms with E-state index in [9.17, 15) is 0 Å². The molecule has 0 N–H and O–H groups in total. The molecular formula is C11H20O. The molecule has 1 heteroatoms. The third-order valence-corrected chi connectivity index (χ3v) is 2.48. The van der Waals surface area contributed by atoms with Gasteiger partial charge in [0.1, 0.15) is 0 Å². The maximum atomic E-state index is 5.24. The van der Waals surface area contributed by atoms with Crippen molar-refractivity contribution in [3.05, 3.63) is 12.2 Å². The minimum atomic E-state index is 0.799. The van der Waals surface area contributed by atoms with Crippen molar-refractivity contribution in [2.75, 3.05) is 13.2 Å². The summed E-state index contributed by atoms with van der Waals surface area (Å²) in [6.07, 6.45) is 11.6. The Hall–Kier alpha value is -0.300. The van der Waals surface area contributed by atoms with E-state index in [0.717, 1.165) is 19.1 Å². The fourth-order valence-electron chi connectivity index (χ4n) is 1.76. The molecule has 1 aliphatic carbocycles. The molecule has 0 aromatic heterocycles. The van der Waals surface area contributed by atoms with Crippen LogP contribution < -0.4 is 0 Å². The lowest BCUT2D eigenvalue weighted by Crippen LogP contribution is -2.03. The zero-order chi connectivity index (χ0) is 8.65. The average molecular weight is 168 g/mol. The first-order valence-electron chi connectivity index (χ1n) is 5.18. The summed E-state index contributed by atoms with van der Waals surface area (Å²) in [6, 6.07) is 0. The summed E-state index contributed by atoms with van der Waals surface area (Å²) < 4.78 is 5.24. The van der Waals surface area contributed by atoms with Crippen molar-refractivity contribution in [2.24, 2.45) is 5.92 Å². The molecule has 0 saturated heterocycles. The van der Waals surface area contributed by atoms with Crippen LogP contribution >= 0.6 is 0 Å². The fourth-order valence-corrected chi connectivity index (χ4v) is 1.76. The van der Waals surface area contributed by atoms with E-state index < -0.39 is 0 Å². The standard InChI is InChI=1S/C11H20O/c1-2-12-10-6-9-11-7-4-3-5-8-11/h6,9,11H,2-5,7-8,10H2,1H3. The lowest BCUT2D eigenvalue weighted by molar-refractivity contribution is 0.177. The molecule has 0 unspecified atom stereocenters. The second-order valence-electron chi connectivity index (χ2n) is 3.49. The van der Waals surface area contributed by atoms with Crippen LogP contribution in [0.15, 0.2) is 12.2 Å². The van der Waals surface area contributed by atoms with Crippen LogP contribution in [0.2, 0.25) is 0 Å². The molecular weight excluding hydrogens is 148 g/mol. The van der Waals surface area contributed by atoms with Gasteiger partial charge in [0.15, 0.2) is 0 Å². The van der Waals surface area contributed by atoms with E-state index in [1.165, 1.54) is 32.1 Å². The summed E-state index contributed by atoms with van der Waals surface area (Å²) in [5, 5.41) is 0. The van der Waals surface area contributed by atoms with Gasteiger partial charge < -0.3 is 4.74 Å². The first kappa shape index (κ1) is 9.79. The van der Waals surface area contributed by atoms with Gasteiger partial charge in [-0.1, -0.05) is 31.4 Å². The van der Waals surface area contributed by atoms with Crippen molar-refractivity contribution in [2.45, 2.75) is 39.0 Å². The molecule has 0 spiro atoms. The Morgan fingerprint density at radius 2 is 2.00 bits per heavy atom. The molecule has 1 rings (SSSR count). The molecule has 0 heterocycles. The monoisotopic (exact) mass is 168 g/mol. The van der Waals surface area contributed by atoms with Gasteiger partial charge in [0.05, 0.1) is 6.61 Å². The second kappa shape index (κ2) is 6.24. The highest BCUT2D eigenvalue weighted by molar-refractivity contribution is 4.89. The molecule has 1 fully saturated rings. The predicted molar refractivity (Wildman–Crippen MR) is 52.2 cm³/mol. The molecule has 1 saturated carbocycles. The first-order valence-corrected chi connectivity index (χ1v) is 5.18. The lowest BCUT2D eigenvalue weighted by atomic mass is 9.89. The molecule has 0 amide bonds. The fraction of sp³-hybridized carbons (Fsp3) is 0.818. The summed E-state index contributed by atoms with van der Waals surface area (Å²) in [5.74, 6) is 0.846. The highest BCUT2D eigenvalue weighted by Gasteiger charge is 2.08. The largest absolute Gasteiger partial charge is 0.378 e. The minimum absolute atomic E-state index is 0.799. The maximum absolute atomic E-state index is 5.24. The van der Waals surface area contributed by atoms with Gasteiger partial charge in [0.2, 0.25) is 0 Å². The molecule has 0 aromatic carbocycles. The summed E-state index contributed by atoms with van der Waals surface area (Å²) in [5.41, 5.74) is 0. The van der Waals surface area contributed by atoms with Crippen LogP contribution in [0.4, 0.5) is 0 Å². The van der Waals surface area contributed by atoms with Crippen LogP contribution in [0, 0.1) is 5.92 Å². The number of hydrogen-bond donors (Lipinski definition) is 0. The zero-order valence-electron chi connectivity index (χ0n) is 8.09. The van der Waals surface area contributed by atoms with Crippen LogP contribution in [-0.4, -0.2) is 13.2 Å². The smallest absolute Gasteiger partial charge is 0.0647 e. The van der Waals surface area contributed by atoms with Gasteiger partial charge in [-0.25, -0.2) is 0 Å². The normalized spacial score (nSPS) is 20.4. The molecule has 0 atom stereocenters. The summed E-state index contributed by atoms with van der Waals surface area (Å²) in [7, 11) is 0. The van der Waals surface area contributed by atoms with Gasteiger partial charge >= 0.3 is 0 Å². The van der Waals surface area contributed by atoms with E-state index in [1.807, 2.05) is 6.92 Å². The quantitative estimate of drug-likeness (QED) is 0.463. The minimum Gasteiger partial charge on any atom is -0.378 e. The highest BCUT2D eigenvalue weighted by Crippen LogP contribution is 2.24. The first-order chi connectivity index (χ1) is 5.93. The summed E-state index contributed by atoms with van der Waals surface area (Å²) in [4.78, 5) is 0. The van der Waals surface area contributed by atoms with Crippen molar-refractivity contribution in [1.82, 2.24) is 0 Å². The number of allylic oxidation sites excluding steroid dienone is 1. The molecule has 12 heavy (non-hydrogen) atoms. The van der Waals surface area contributed by atoms with Gasteiger partial charge in [0.25, 0.3) is 0 Å². The van der Waals surface area contributed by atoms with Crippen LogP contribution in [0.25, 0.3) is 0 Å². The predicted octanol–water partition coefficient (Wildman–Crippen LogP) is 3.16. The SMILES string of the molecule is CCOCC=CC1CCCCC1. The molecule has 0 bridgehead atoms. The molecule has 0 aliphatic heterocycles. The highest BCUT2D eigenvalue weighted by atomic mass is 16.5. The number of hydrogen-bond acceptors (Lipinski definition) is 1. The topological polar surface area (TPSA) is 9.23 Å². The van der Waals surface area contributed by atoms with E-state index in [-0.39, 0.29) is 0 Å². The van der Waals surface area contributed by atoms with Crippen molar-refractivity contribution in [3.8, 4) is 0 Å². The van der Waals surface area contributed by atoms with E-state index >= 15 is 0 Å². The van der Waals surface area contributed by atoms with Crippen molar-refractivity contribution < 1.29 is 4.74 Å². The van der Waals surface area contributed by atoms with E-state index in [0.29, 0.717) is 0 Å². The van der Waals surface area contributed by atoms with Crippen LogP contribution in [0.3, 0.4) is 0 Å². The maximum Gasteiger partial charge on any atom is 0.0647 e. The molecule has 1 aliphatic rings. The Balaban J connectivity index is 2.07. The third kappa shape index (κ3) is 3.91. The number of rotatable bonds is 4. The van der Waals surface area contributed by atoms with Crippen LogP contribution in [0.5, 0.6) is 0 Å². The van der Waals surface area contributed by atoms with Gasteiger partial charge in [0, 0.05) is 6.61 Å². The Bertz CT molecular complexity index is 123. The van der Waals surface area contributed by atoms with Crippen molar-refractivity contribution in [1.29, 1.82) is 0 Å². The molecule has 0 radical (unpaired) electrons. The summed E-state index contributed by atoms with van der Waals surface area (Å²) >= 11 is 0. The molecule has 70 valence electrons. The summed E-state index contributed by atoms with van der Waals surface area (Å²) in [6.45, 7) is 3.66. The third-order valence-electron chi connectivity index (χ3n) is 2.48. The van der Waals surface area contributed by atoms with Gasteiger partial charge in [-0.2, -0.15) is 0 Å². The lowest BCUT2D eigenvalue weighted by Gasteiger charge is -2.17. The van der Waals surface area contributed by atoms with Crippen LogP contribution in [-0.2, 0) is 4.74 Å².